The topological polar surface area (TPSA) is 84.4 Å². The molecule has 2 bridgehead atoms. The highest BCUT2D eigenvalue weighted by molar-refractivity contribution is 7.77. The SMILES string of the molecule is C=C/C1=N\C(=C)NCCCC2CN(c3nc(-n4ccc(CCCC5C6(CC6)C56CC6)n4)ccc3C1=C)C(C)(C)C2.NS. The molecular weight excluding hydrogens is 538 g/mol. The van der Waals surface area contributed by atoms with Crippen molar-refractivity contribution >= 4 is 29.9 Å². The lowest BCUT2D eigenvalue weighted by Gasteiger charge is -2.34. The Morgan fingerprint density at radius 2 is 1.86 bits per heavy atom. The number of aromatic nitrogens is 3. The van der Waals surface area contributed by atoms with Gasteiger partial charge >= 0.3 is 0 Å². The lowest BCUT2D eigenvalue weighted by molar-refractivity contribution is 0.442. The molecule has 0 radical (unpaired) electrons. The van der Waals surface area contributed by atoms with Gasteiger partial charge in [0.25, 0.3) is 0 Å². The number of fused-ring (bicyclic) bond motifs is 5. The summed E-state index contributed by atoms with van der Waals surface area (Å²) in [5.74, 6) is 4.08. The molecule has 7 rings (SSSR count). The molecule has 1 unspecified atom stereocenters. The Labute approximate surface area is 257 Å². The average Bonchev–Trinajstić information content (AvgIpc) is 3.94. The summed E-state index contributed by atoms with van der Waals surface area (Å²) in [4.78, 5) is 12.5. The Bertz CT molecular complexity index is 1390. The molecule has 4 heterocycles. The molecule has 2 aliphatic heterocycles. The van der Waals surface area contributed by atoms with E-state index < -0.39 is 0 Å². The molecule has 3 saturated carbocycles. The Hall–Kier alpha value is -2.84. The van der Waals surface area contributed by atoms with Gasteiger partial charge < -0.3 is 10.2 Å². The number of hydrogen-bond donors (Lipinski definition) is 3. The van der Waals surface area contributed by atoms with E-state index in [-0.39, 0.29) is 5.54 Å². The summed E-state index contributed by atoms with van der Waals surface area (Å²) >= 11 is 3.03. The molecule has 4 fully saturated rings. The van der Waals surface area contributed by atoms with Crippen LogP contribution in [0, 0.1) is 22.7 Å². The molecule has 0 aromatic carbocycles. The zero-order chi connectivity index (χ0) is 29.7. The molecule has 7 nitrogen and oxygen atoms in total. The Balaban J connectivity index is 0.00000155. The fraction of sp³-hybridized carbons (Fsp3) is 0.559. The minimum atomic E-state index is -0.00608. The third-order valence-electron chi connectivity index (χ3n) is 10.9. The molecule has 224 valence electrons. The normalized spacial score (nSPS) is 26.0. The van der Waals surface area contributed by atoms with Crippen molar-refractivity contribution in [3.05, 3.63) is 67.3 Å². The molecule has 2 spiro atoms. The van der Waals surface area contributed by atoms with Crippen LogP contribution in [0.3, 0.4) is 0 Å². The molecule has 3 aliphatic carbocycles. The number of thiol groups is 1. The number of nitrogens with one attached hydrogen (secondary N) is 1. The minimum Gasteiger partial charge on any atom is -0.371 e. The summed E-state index contributed by atoms with van der Waals surface area (Å²) in [6, 6.07) is 6.37. The maximum atomic E-state index is 5.27. The van der Waals surface area contributed by atoms with Crippen molar-refractivity contribution in [1.29, 1.82) is 0 Å². The molecule has 0 amide bonds. The van der Waals surface area contributed by atoms with Gasteiger partial charge in [-0.15, -0.1) is 12.8 Å². The maximum Gasteiger partial charge on any atom is 0.155 e. The number of pyridine rings is 1. The predicted molar refractivity (Wildman–Crippen MR) is 177 cm³/mol. The van der Waals surface area contributed by atoms with Crippen LogP contribution in [0.2, 0.25) is 0 Å². The van der Waals surface area contributed by atoms with Crippen molar-refractivity contribution in [2.45, 2.75) is 83.6 Å². The first kappa shape index (κ1) is 29.2. The number of aryl methyl sites for hydroxylation is 1. The first-order valence-electron chi connectivity index (χ1n) is 15.7. The van der Waals surface area contributed by atoms with Gasteiger partial charge in [0.1, 0.15) is 11.6 Å². The van der Waals surface area contributed by atoms with E-state index in [9.17, 15) is 0 Å². The fourth-order valence-electron chi connectivity index (χ4n) is 8.61. The Morgan fingerprint density at radius 1 is 1.12 bits per heavy atom. The number of rotatable bonds is 6. The number of anilines is 1. The largest absolute Gasteiger partial charge is 0.371 e. The maximum absolute atomic E-state index is 5.27. The van der Waals surface area contributed by atoms with E-state index in [4.69, 9.17) is 15.1 Å². The van der Waals surface area contributed by atoms with Crippen LogP contribution >= 0.6 is 12.8 Å². The van der Waals surface area contributed by atoms with Crippen LogP contribution in [0.25, 0.3) is 11.4 Å². The van der Waals surface area contributed by atoms with Crippen molar-refractivity contribution in [3.63, 3.8) is 0 Å². The van der Waals surface area contributed by atoms with E-state index in [0.29, 0.717) is 11.7 Å². The summed E-state index contributed by atoms with van der Waals surface area (Å²) in [6.45, 7) is 19.1. The zero-order valence-electron chi connectivity index (χ0n) is 25.4. The fourth-order valence-corrected chi connectivity index (χ4v) is 8.61. The summed E-state index contributed by atoms with van der Waals surface area (Å²) in [5.41, 5.74) is 5.29. The van der Waals surface area contributed by atoms with Crippen LogP contribution in [0.1, 0.15) is 82.9 Å². The predicted octanol–water partition coefficient (Wildman–Crippen LogP) is 6.67. The summed E-state index contributed by atoms with van der Waals surface area (Å²) in [5, 5.41) is 12.5. The molecule has 1 atom stereocenters. The van der Waals surface area contributed by atoms with Crippen molar-refractivity contribution in [1.82, 2.24) is 20.1 Å². The van der Waals surface area contributed by atoms with E-state index in [0.717, 1.165) is 77.6 Å². The third-order valence-corrected chi connectivity index (χ3v) is 10.9. The molecule has 1 saturated heterocycles. The van der Waals surface area contributed by atoms with E-state index >= 15 is 0 Å². The second kappa shape index (κ2) is 11.0. The van der Waals surface area contributed by atoms with Gasteiger partial charge in [-0.3, -0.25) is 5.14 Å². The Kier molecular flexibility index (Phi) is 7.67. The third kappa shape index (κ3) is 5.04. The van der Waals surface area contributed by atoms with Crippen LogP contribution in [0.15, 0.2) is 61.0 Å². The number of nitrogens with zero attached hydrogens (tertiary/aromatic N) is 5. The molecule has 8 heteroatoms. The van der Waals surface area contributed by atoms with Gasteiger partial charge in [-0.2, -0.15) is 5.10 Å². The standard InChI is InChI=1S/C34H44N6.H3NS/c1-6-28-23(2)27-12-13-30(37-31(27)39-22-25(21-32(39,4)5)9-8-19-35-24(3)36-28)40-20-14-26(38-40)10-7-11-29-33(15-16-33)34(29)17-18-34;1-2/h6,12-14,20,25,29,35H,1-3,7-11,15-19,21-22H2,4-5H3;2H,1H2/b36-28+;. The van der Waals surface area contributed by atoms with E-state index in [2.05, 4.69) is 86.2 Å². The highest BCUT2D eigenvalue weighted by atomic mass is 32.1. The summed E-state index contributed by atoms with van der Waals surface area (Å²) in [7, 11) is 0. The molecule has 42 heavy (non-hydrogen) atoms. The van der Waals surface area contributed by atoms with E-state index in [1.807, 2.05) is 4.68 Å². The lowest BCUT2D eigenvalue weighted by atomic mass is 9.93. The van der Waals surface area contributed by atoms with Crippen LogP contribution in [0.4, 0.5) is 5.82 Å². The average molecular weight is 586 g/mol. The number of allylic oxidation sites excluding steroid dienone is 2. The second-order valence-electron chi connectivity index (χ2n) is 13.7. The number of nitrogens with two attached hydrogens (primary N) is 1. The van der Waals surface area contributed by atoms with Crippen molar-refractivity contribution in [2.24, 2.45) is 32.8 Å². The molecule has 2 aromatic rings. The van der Waals surface area contributed by atoms with Gasteiger partial charge in [0.05, 0.1) is 11.4 Å². The van der Waals surface area contributed by atoms with Crippen LogP contribution < -0.4 is 15.4 Å². The van der Waals surface area contributed by atoms with Gasteiger partial charge in [-0.25, -0.2) is 14.7 Å². The van der Waals surface area contributed by atoms with Gasteiger partial charge in [-0.05, 0) is 125 Å². The van der Waals surface area contributed by atoms with Crippen molar-refractivity contribution < 1.29 is 0 Å². The smallest absolute Gasteiger partial charge is 0.155 e. The van der Waals surface area contributed by atoms with Gasteiger partial charge in [0.15, 0.2) is 5.82 Å². The Morgan fingerprint density at radius 3 is 2.55 bits per heavy atom. The van der Waals surface area contributed by atoms with Crippen LogP contribution in [-0.2, 0) is 6.42 Å². The first-order valence-corrected chi connectivity index (χ1v) is 16.2. The van der Waals surface area contributed by atoms with Crippen LogP contribution in [-0.4, -0.2) is 39.1 Å². The summed E-state index contributed by atoms with van der Waals surface area (Å²) < 4.78 is 1.95. The minimum absolute atomic E-state index is 0.00608. The molecular formula is C34H47N7S. The van der Waals surface area contributed by atoms with Crippen LogP contribution in [0.5, 0.6) is 0 Å². The van der Waals surface area contributed by atoms with Crippen molar-refractivity contribution in [2.75, 3.05) is 18.0 Å². The molecule has 2 aromatic heterocycles. The number of hydrogen-bond acceptors (Lipinski definition) is 7. The highest BCUT2D eigenvalue weighted by Gasteiger charge is 2.85. The van der Waals surface area contributed by atoms with E-state index in [1.165, 1.54) is 50.6 Å². The second-order valence-corrected chi connectivity index (χ2v) is 13.7. The summed E-state index contributed by atoms with van der Waals surface area (Å²) in [6.07, 6.45) is 16.9. The van der Waals surface area contributed by atoms with Gasteiger partial charge in [-0.1, -0.05) is 19.7 Å². The highest BCUT2D eigenvalue weighted by Crippen LogP contribution is 2.93. The zero-order valence-corrected chi connectivity index (χ0v) is 26.3. The van der Waals surface area contributed by atoms with Crippen molar-refractivity contribution in [3.8, 4) is 5.82 Å². The molecule has 3 N–H and O–H groups in total. The number of aliphatic imine (C=N–C) groups is 1. The molecule has 5 aliphatic rings. The van der Waals surface area contributed by atoms with Gasteiger partial charge in [0, 0.05) is 36.0 Å². The first-order chi connectivity index (χ1) is 20.3. The monoisotopic (exact) mass is 585 g/mol. The quantitative estimate of drug-likeness (QED) is 0.330. The van der Waals surface area contributed by atoms with E-state index in [1.54, 1.807) is 6.08 Å². The van der Waals surface area contributed by atoms with Gasteiger partial charge in [0.2, 0.25) is 0 Å². The lowest BCUT2D eigenvalue weighted by Crippen LogP contribution is -2.39.